The SMILES string of the molecule is CN1SCCSC1=O. The molecule has 0 unspecified atom stereocenters. The zero-order valence-corrected chi connectivity index (χ0v) is 6.22. The van der Waals surface area contributed by atoms with Crippen molar-refractivity contribution in [3.05, 3.63) is 0 Å². The fourth-order valence-electron chi connectivity index (χ4n) is 0.447. The molecule has 1 rings (SSSR count). The van der Waals surface area contributed by atoms with Crippen LogP contribution in [0.15, 0.2) is 0 Å². The zero-order valence-electron chi connectivity index (χ0n) is 4.59. The Morgan fingerprint density at radius 2 is 2.38 bits per heavy atom. The van der Waals surface area contributed by atoms with E-state index in [4.69, 9.17) is 0 Å². The van der Waals surface area contributed by atoms with E-state index in [-0.39, 0.29) is 5.24 Å². The van der Waals surface area contributed by atoms with Crippen LogP contribution in [0.1, 0.15) is 0 Å². The minimum absolute atomic E-state index is 0.182. The van der Waals surface area contributed by atoms with Crippen LogP contribution in [0.4, 0.5) is 4.79 Å². The summed E-state index contributed by atoms with van der Waals surface area (Å²) < 4.78 is 1.67. The number of rotatable bonds is 0. The maximum Gasteiger partial charge on any atom is 0.291 e. The average molecular weight is 149 g/mol. The quantitative estimate of drug-likeness (QED) is 0.486. The highest BCUT2D eigenvalue weighted by Crippen LogP contribution is 2.22. The normalized spacial score (nSPS) is 21.6. The van der Waals surface area contributed by atoms with Gasteiger partial charge in [-0.15, -0.1) is 0 Å². The van der Waals surface area contributed by atoms with Gasteiger partial charge in [0.15, 0.2) is 0 Å². The number of carbonyl (C=O) groups excluding carboxylic acids is 1. The molecule has 0 N–H and O–H groups in total. The summed E-state index contributed by atoms with van der Waals surface area (Å²) in [7, 11) is 1.80. The maximum atomic E-state index is 10.7. The van der Waals surface area contributed by atoms with E-state index >= 15 is 0 Å². The van der Waals surface area contributed by atoms with Crippen LogP contribution < -0.4 is 0 Å². The van der Waals surface area contributed by atoms with Crippen molar-refractivity contribution in [3.63, 3.8) is 0 Å². The van der Waals surface area contributed by atoms with Crippen LogP contribution in [-0.4, -0.2) is 28.1 Å². The molecule has 1 amide bonds. The van der Waals surface area contributed by atoms with E-state index in [1.807, 2.05) is 0 Å². The van der Waals surface area contributed by atoms with E-state index in [9.17, 15) is 4.79 Å². The molecular weight excluding hydrogens is 142 g/mol. The standard InChI is InChI=1S/C4H7NOS2/c1-5-4(6)7-2-3-8-5/h2-3H2,1H3. The summed E-state index contributed by atoms with van der Waals surface area (Å²) in [6.07, 6.45) is 0. The topological polar surface area (TPSA) is 20.3 Å². The van der Waals surface area contributed by atoms with Gasteiger partial charge in [0.2, 0.25) is 0 Å². The smallest absolute Gasteiger partial charge is 0.280 e. The van der Waals surface area contributed by atoms with Crippen LogP contribution in [0.25, 0.3) is 0 Å². The molecule has 1 saturated heterocycles. The van der Waals surface area contributed by atoms with Crippen LogP contribution in [0.3, 0.4) is 0 Å². The largest absolute Gasteiger partial charge is 0.291 e. The first-order chi connectivity index (χ1) is 3.80. The highest BCUT2D eigenvalue weighted by Gasteiger charge is 2.14. The Morgan fingerprint density at radius 3 is 2.75 bits per heavy atom. The predicted molar refractivity (Wildman–Crippen MR) is 38.1 cm³/mol. The van der Waals surface area contributed by atoms with Crippen molar-refractivity contribution in [1.29, 1.82) is 0 Å². The van der Waals surface area contributed by atoms with Crippen molar-refractivity contribution in [2.45, 2.75) is 0 Å². The Hall–Kier alpha value is 0.170. The average Bonchev–Trinajstić information content (AvgIpc) is 1.77. The molecule has 1 aliphatic heterocycles. The van der Waals surface area contributed by atoms with Gasteiger partial charge >= 0.3 is 0 Å². The monoisotopic (exact) mass is 149 g/mol. The molecule has 0 aliphatic carbocycles. The molecule has 46 valence electrons. The molecule has 0 bridgehead atoms. The van der Waals surface area contributed by atoms with Gasteiger partial charge in [0.05, 0.1) is 0 Å². The second-order valence-corrected chi connectivity index (χ2v) is 3.71. The molecule has 0 aromatic rings. The van der Waals surface area contributed by atoms with Gasteiger partial charge in [0.25, 0.3) is 5.24 Å². The van der Waals surface area contributed by atoms with Crippen LogP contribution >= 0.6 is 23.7 Å². The summed E-state index contributed by atoms with van der Waals surface area (Å²) in [4.78, 5) is 10.7. The third kappa shape index (κ3) is 1.32. The fraction of sp³-hybridized carbons (Fsp3) is 0.750. The first-order valence-electron chi connectivity index (χ1n) is 2.34. The van der Waals surface area contributed by atoms with Gasteiger partial charge in [-0.2, -0.15) is 0 Å². The summed E-state index contributed by atoms with van der Waals surface area (Å²) >= 11 is 2.98. The van der Waals surface area contributed by atoms with Crippen molar-refractivity contribution in [3.8, 4) is 0 Å². The van der Waals surface area contributed by atoms with Crippen molar-refractivity contribution >= 4 is 28.9 Å². The van der Waals surface area contributed by atoms with Crippen molar-refractivity contribution < 1.29 is 4.79 Å². The lowest BCUT2D eigenvalue weighted by molar-refractivity contribution is 0.252. The van der Waals surface area contributed by atoms with Crippen LogP contribution in [0, 0.1) is 0 Å². The first-order valence-corrected chi connectivity index (χ1v) is 4.27. The summed E-state index contributed by atoms with van der Waals surface area (Å²) in [5, 5.41) is 0.182. The Bertz CT molecular complexity index is 106. The van der Waals surface area contributed by atoms with E-state index in [2.05, 4.69) is 0 Å². The lowest BCUT2D eigenvalue weighted by atomic mass is 11.0. The van der Waals surface area contributed by atoms with Gasteiger partial charge in [0.1, 0.15) is 0 Å². The van der Waals surface area contributed by atoms with Gasteiger partial charge in [-0.25, -0.2) is 0 Å². The molecule has 4 heteroatoms. The lowest BCUT2D eigenvalue weighted by Crippen LogP contribution is -2.20. The molecule has 0 aromatic heterocycles. The minimum Gasteiger partial charge on any atom is -0.280 e. The van der Waals surface area contributed by atoms with Gasteiger partial charge < -0.3 is 0 Å². The number of carbonyl (C=O) groups is 1. The first kappa shape index (κ1) is 6.29. The highest BCUT2D eigenvalue weighted by atomic mass is 32.2. The number of hydrogen-bond acceptors (Lipinski definition) is 3. The number of nitrogens with zero attached hydrogens (tertiary/aromatic N) is 1. The van der Waals surface area contributed by atoms with E-state index < -0.39 is 0 Å². The summed E-state index contributed by atoms with van der Waals surface area (Å²) in [6, 6.07) is 0. The number of hydrogen-bond donors (Lipinski definition) is 0. The lowest BCUT2D eigenvalue weighted by Gasteiger charge is -2.18. The Balaban J connectivity index is 2.39. The van der Waals surface area contributed by atoms with E-state index in [0.717, 1.165) is 11.5 Å². The molecule has 8 heavy (non-hydrogen) atoms. The summed E-state index contributed by atoms with van der Waals surface area (Å²) in [6.45, 7) is 0. The second-order valence-electron chi connectivity index (χ2n) is 1.45. The van der Waals surface area contributed by atoms with Gasteiger partial charge in [0, 0.05) is 18.6 Å². The molecule has 0 radical (unpaired) electrons. The minimum atomic E-state index is 0.182. The van der Waals surface area contributed by atoms with E-state index in [1.165, 1.54) is 11.8 Å². The predicted octanol–water partition coefficient (Wildman–Crippen LogP) is 1.43. The highest BCUT2D eigenvalue weighted by molar-refractivity contribution is 8.17. The molecular formula is C4H7NOS2. The number of amides is 1. The third-order valence-corrected chi connectivity index (χ3v) is 3.09. The number of thioether (sulfide) groups is 1. The molecule has 0 aromatic carbocycles. The molecule has 2 nitrogen and oxygen atoms in total. The molecule has 1 fully saturated rings. The van der Waals surface area contributed by atoms with Crippen LogP contribution in [0.2, 0.25) is 0 Å². The van der Waals surface area contributed by atoms with E-state index in [0.29, 0.717) is 0 Å². The fourth-order valence-corrected chi connectivity index (χ4v) is 2.13. The maximum absolute atomic E-state index is 10.7. The third-order valence-electron chi connectivity index (χ3n) is 0.851. The van der Waals surface area contributed by atoms with Crippen molar-refractivity contribution in [2.75, 3.05) is 18.6 Å². The van der Waals surface area contributed by atoms with Crippen LogP contribution in [0.5, 0.6) is 0 Å². The Labute approximate surface area is 57.1 Å². The van der Waals surface area contributed by atoms with E-state index in [1.54, 1.807) is 23.3 Å². The van der Waals surface area contributed by atoms with Gasteiger partial charge in [-0.05, 0) is 11.9 Å². The zero-order chi connectivity index (χ0) is 5.98. The van der Waals surface area contributed by atoms with Crippen LogP contribution in [-0.2, 0) is 0 Å². The van der Waals surface area contributed by atoms with Crippen molar-refractivity contribution in [1.82, 2.24) is 4.31 Å². The molecule has 0 saturated carbocycles. The Morgan fingerprint density at radius 1 is 1.62 bits per heavy atom. The summed E-state index contributed by atoms with van der Waals surface area (Å²) in [5.74, 6) is 2.03. The Kier molecular flexibility index (Phi) is 2.08. The second kappa shape index (κ2) is 2.64. The molecule has 0 spiro atoms. The van der Waals surface area contributed by atoms with Crippen molar-refractivity contribution in [2.24, 2.45) is 0 Å². The van der Waals surface area contributed by atoms with Gasteiger partial charge in [-0.3, -0.25) is 9.10 Å². The summed E-state index contributed by atoms with van der Waals surface area (Å²) in [5.41, 5.74) is 0. The molecule has 1 heterocycles. The molecule has 1 aliphatic rings. The molecule has 0 atom stereocenters. The van der Waals surface area contributed by atoms with Gasteiger partial charge in [-0.1, -0.05) is 11.8 Å².